The van der Waals surface area contributed by atoms with E-state index in [0.29, 0.717) is 11.1 Å². The minimum atomic E-state index is -4.00. The van der Waals surface area contributed by atoms with Gasteiger partial charge in [0.05, 0.1) is 11.5 Å². The summed E-state index contributed by atoms with van der Waals surface area (Å²) >= 11 is 0. The van der Waals surface area contributed by atoms with Crippen LogP contribution in [-0.4, -0.2) is 55.0 Å². The second-order valence-corrected chi connectivity index (χ2v) is 16.1. The molecule has 0 aliphatic carbocycles. The quantitative estimate of drug-likeness (QED) is 0.203. The van der Waals surface area contributed by atoms with Crippen molar-refractivity contribution >= 4 is 29.5 Å². The number of benzene rings is 2. The third kappa shape index (κ3) is 8.11. The molecule has 0 bridgehead atoms. The maximum atomic E-state index is 12.9. The molecule has 2 aromatic carbocycles. The van der Waals surface area contributed by atoms with Gasteiger partial charge >= 0.3 is 0 Å². The Kier molecular flexibility index (Phi) is 8.51. The predicted molar refractivity (Wildman–Crippen MR) is 152 cm³/mol. The highest BCUT2D eigenvalue weighted by Gasteiger charge is 2.26. The molecule has 0 aliphatic heterocycles. The first-order valence-corrected chi connectivity index (χ1v) is 17.7. The van der Waals surface area contributed by atoms with E-state index in [0.717, 1.165) is 20.5 Å². The molecule has 2 heterocycles. The predicted octanol–water partition coefficient (Wildman–Crippen LogP) is 0.259. The van der Waals surface area contributed by atoms with E-state index < -0.39 is 52.5 Å². The van der Waals surface area contributed by atoms with Gasteiger partial charge in [-0.3, -0.25) is 0 Å². The van der Waals surface area contributed by atoms with E-state index in [2.05, 4.69) is 20.4 Å². The van der Waals surface area contributed by atoms with Crippen LogP contribution in [0.5, 0.6) is 0 Å². The molecule has 0 radical (unpaired) electrons. The van der Waals surface area contributed by atoms with Crippen LogP contribution in [0.4, 0.5) is 0 Å². The van der Waals surface area contributed by atoms with Gasteiger partial charge < -0.3 is 11.7 Å². The molecule has 0 aliphatic rings. The first kappa shape index (κ1) is 30.1. The van der Waals surface area contributed by atoms with Crippen molar-refractivity contribution in [1.82, 2.24) is 29.7 Å². The Morgan fingerprint density at radius 3 is 1.00 bits per heavy atom. The van der Waals surface area contributed by atoms with E-state index in [1.165, 1.54) is 0 Å². The van der Waals surface area contributed by atoms with Crippen LogP contribution in [0.3, 0.4) is 0 Å². The van der Waals surface area contributed by atoms with Gasteiger partial charge in [0.25, 0.3) is 0 Å². The van der Waals surface area contributed by atoms with E-state index in [1.807, 2.05) is 13.8 Å². The van der Waals surface area contributed by atoms with Crippen LogP contribution in [-0.2, 0) is 64.0 Å². The molecule has 4 aromatic rings. The van der Waals surface area contributed by atoms with E-state index in [4.69, 9.17) is 11.7 Å². The molecule has 0 saturated heterocycles. The van der Waals surface area contributed by atoms with Crippen molar-refractivity contribution in [2.45, 2.75) is 48.4 Å². The highest BCUT2D eigenvalue weighted by Crippen LogP contribution is 2.16. The summed E-state index contributed by atoms with van der Waals surface area (Å²) in [6, 6.07) is 14.0. The zero-order valence-electron chi connectivity index (χ0n) is 22.4. The fourth-order valence-electron chi connectivity index (χ4n) is 3.93. The van der Waals surface area contributed by atoms with Crippen molar-refractivity contribution in [2.75, 3.05) is 11.7 Å². The average molecular weight is 623 g/mol. The van der Waals surface area contributed by atoms with Gasteiger partial charge in [0.1, 0.15) is 23.0 Å². The maximum Gasteiger partial charge on any atom is 0.166 e. The second-order valence-electron chi connectivity index (χ2n) is 9.87. The molecule has 0 amide bonds. The summed E-state index contributed by atoms with van der Waals surface area (Å²) in [5, 5.41) is 15.1. The molecule has 4 N–H and O–H groups in total. The standard InChI is InChI=1S/C24H30N8O6S3/c1-17-3-7-19(8-4-17)11-39(33,34)13-21-27-29-23(31(21)25)15-41(37,38)16-24-30-28-22(32(24)26)14-40(35,36)12-20-9-5-18(2)6-10-20/h3-10H,11-16,25-26H2,1-2H3. The Bertz CT molecular complexity index is 1730. The normalized spacial score (nSPS) is 12.5. The molecule has 0 saturated carbocycles. The van der Waals surface area contributed by atoms with Crippen molar-refractivity contribution in [2.24, 2.45) is 0 Å². The molecule has 4 rings (SSSR count). The van der Waals surface area contributed by atoms with Gasteiger partial charge in [-0.1, -0.05) is 59.7 Å². The molecule has 0 fully saturated rings. The third-order valence-corrected chi connectivity index (χ3v) is 10.4. The highest BCUT2D eigenvalue weighted by atomic mass is 32.2. The number of sulfone groups is 3. The smallest absolute Gasteiger partial charge is 0.166 e. The summed E-state index contributed by atoms with van der Waals surface area (Å²) < 4.78 is 78.1. The van der Waals surface area contributed by atoms with E-state index in [9.17, 15) is 25.3 Å². The van der Waals surface area contributed by atoms with Gasteiger partial charge in [0, 0.05) is 0 Å². The van der Waals surface area contributed by atoms with Crippen molar-refractivity contribution in [3.05, 3.63) is 94.1 Å². The van der Waals surface area contributed by atoms with Gasteiger partial charge in [-0.05, 0) is 25.0 Å². The van der Waals surface area contributed by atoms with Crippen LogP contribution in [0.25, 0.3) is 0 Å². The van der Waals surface area contributed by atoms with Gasteiger partial charge in [0.2, 0.25) is 0 Å². The fourth-order valence-corrected chi connectivity index (χ4v) is 8.00. The number of aryl methyl sites for hydroxylation is 2. The third-order valence-electron chi connectivity index (χ3n) is 6.08. The number of hydrogen-bond donors (Lipinski definition) is 2. The van der Waals surface area contributed by atoms with Crippen LogP contribution in [0.2, 0.25) is 0 Å². The molecule has 17 heteroatoms. The van der Waals surface area contributed by atoms with Crippen LogP contribution in [0.15, 0.2) is 48.5 Å². The van der Waals surface area contributed by atoms with Crippen LogP contribution < -0.4 is 11.7 Å². The topological polar surface area (TPSA) is 216 Å². The zero-order chi connectivity index (χ0) is 30.0. The van der Waals surface area contributed by atoms with Gasteiger partial charge in [-0.15, -0.1) is 20.4 Å². The summed E-state index contributed by atoms with van der Waals surface area (Å²) in [7, 11) is -11.4. The summed E-state index contributed by atoms with van der Waals surface area (Å²) in [5.74, 6) is 8.31. The number of nitrogen functional groups attached to an aromatic ring is 2. The Morgan fingerprint density at radius 2 is 0.732 bits per heavy atom. The lowest BCUT2D eigenvalue weighted by molar-refractivity contribution is 0.589. The Morgan fingerprint density at radius 1 is 0.488 bits per heavy atom. The van der Waals surface area contributed by atoms with Crippen LogP contribution >= 0.6 is 0 Å². The van der Waals surface area contributed by atoms with Gasteiger partial charge in [-0.2, -0.15) is 0 Å². The molecule has 41 heavy (non-hydrogen) atoms. The number of aromatic nitrogens is 6. The summed E-state index contributed by atoms with van der Waals surface area (Å²) in [6.45, 7) is 3.78. The number of nitrogens with two attached hydrogens (primary N) is 2. The van der Waals surface area contributed by atoms with Crippen molar-refractivity contribution in [3.8, 4) is 0 Å². The average Bonchev–Trinajstić information content (AvgIpc) is 3.37. The first-order chi connectivity index (χ1) is 19.1. The first-order valence-electron chi connectivity index (χ1n) is 12.2. The minimum absolute atomic E-state index is 0.120. The Balaban J connectivity index is 1.41. The minimum Gasteiger partial charge on any atom is -0.336 e. The fraction of sp³-hybridized carbons (Fsp3) is 0.333. The second kappa shape index (κ2) is 11.6. The van der Waals surface area contributed by atoms with E-state index >= 15 is 0 Å². The molecule has 0 unspecified atom stereocenters. The van der Waals surface area contributed by atoms with Crippen molar-refractivity contribution in [1.29, 1.82) is 0 Å². The molecular weight excluding hydrogens is 593 g/mol. The van der Waals surface area contributed by atoms with E-state index in [1.54, 1.807) is 48.5 Å². The monoisotopic (exact) mass is 622 g/mol. The van der Waals surface area contributed by atoms with Crippen molar-refractivity contribution < 1.29 is 25.3 Å². The lowest BCUT2D eigenvalue weighted by Gasteiger charge is -2.08. The number of hydrogen-bond acceptors (Lipinski definition) is 12. The Labute approximate surface area is 238 Å². The van der Waals surface area contributed by atoms with Crippen LogP contribution in [0.1, 0.15) is 45.6 Å². The van der Waals surface area contributed by atoms with Gasteiger partial charge in [0.15, 0.2) is 52.8 Å². The maximum absolute atomic E-state index is 12.9. The lowest BCUT2D eigenvalue weighted by Crippen LogP contribution is -2.24. The summed E-state index contributed by atoms with van der Waals surface area (Å²) in [6.07, 6.45) is 0. The lowest BCUT2D eigenvalue weighted by atomic mass is 10.2. The molecule has 2 aromatic heterocycles. The highest BCUT2D eigenvalue weighted by molar-refractivity contribution is 7.90. The molecule has 0 atom stereocenters. The largest absolute Gasteiger partial charge is 0.336 e. The zero-order valence-corrected chi connectivity index (χ0v) is 24.8. The Hall–Kier alpha value is -3.83. The SMILES string of the molecule is Cc1ccc(CS(=O)(=O)Cc2nnc(CS(=O)(=O)Cc3nnc(CS(=O)(=O)Cc4ccc(C)cc4)n3N)n2N)cc1. The molecule has 220 valence electrons. The van der Waals surface area contributed by atoms with Crippen molar-refractivity contribution in [3.63, 3.8) is 0 Å². The number of nitrogens with zero attached hydrogens (tertiary/aromatic N) is 6. The molecule has 14 nitrogen and oxygen atoms in total. The van der Waals surface area contributed by atoms with Crippen LogP contribution in [0, 0.1) is 13.8 Å². The van der Waals surface area contributed by atoms with Gasteiger partial charge in [-0.25, -0.2) is 34.6 Å². The van der Waals surface area contributed by atoms with E-state index in [-0.39, 0.29) is 34.8 Å². The summed E-state index contributed by atoms with van der Waals surface area (Å²) in [5.41, 5.74) is 3.17. The summed E-state index contributed by atoms with van der Waals surface area (Å²) in [4.78, 5) is 0. The molecule has 0 spiro atoms. The molecular formula is C24H30N8O6S3. The number of rotatable bonds is 12.